The van der Waals surface area contributed by atoms with Crippen molar-refractivity contribution in [3.8, 4) is 0 Å². The SMILES string of the molecule is CN(C)CC(C)(O)CNC(=O)c1ccc(Cl)cc1[N+](=O)[O-]. The minimum atomic E-state index is -1.14. The zero-order valence-electron chi connectivity index (χ0n) is 12.1. The molecule has 0 saturated carbocycles. The summed E-state index contributed by atoms with van der Waals surface area (Å²) in [6, 6.07) is 3.81. The van der Waals surface area contributed by atoms with Crippen molar-refractivity contribution in [2.24, 2.45) is 0 Å². The van der Waals surface area contributed by atoms with Crippen molar-refractivity contribution in [3.05, 3.63) is 38.9 Å². The molecular formula is C13H18ClN3O4. The molecule has 0 aliphatic rings. The van der Waals surface area contributed by atoms with Gasteiger partial charge >= 0.3 is 0 Å². The highest BCUT2D eigenvalue weighted by Crippen LogP contribution is 2.23. The van der Waals surface area contributed by atoms with Gasteiger partial charge in [0.15, 0.2) is 0 Å². The van der Waals surface area contributed by atoms with Gasteiger partial charge in [-0.2, -0.15) is 0 Å². The largest absolute Gasteiger partial charge is 0.387 e. The average Bonchev–Trinajstić information content (AvgIpc) is 2.34. The molecule has 8 heteroatoms. The number of carbonyl (C=O) groups excluding carboxylic acids is 1. The Balaban J connectivity index is 2.84. The summed E-state index contributed by atoms with van der Waals surface area (Å²) < 4.78 is 0. The number of rotatable bonds is 6. The van der Waals surface area contributed by atoms with E-state index in [1.54, 1.807) is 25.9 Å². The van der Waals surface area contributed by atoms with Crippen LogP contribution in [0.1, 0.15) is 17.3 Å². The normalized spacial score (nSPS) is 13.8. The number of hydrogen-bond donors (Lipinski definition) is 2. The summed E-state index contributed by atoms with van der Waals surface area (Å²) in [6.07, 6.45) is 0. The minimum absolute atomic E-state index is 0.0240. The van der Waals surface area contributed by atoms with Crippen molar-refractivity contribution >= 4 is 23.2 Å². The van der Waals surface area contributed by atoms with Crippen LogP contribution in [0.15, 0.2) is 18.2 Å². The zero-order chi connectivity index (χ0) is 16.2. The second-order valence-electron chi connectivity index (χ2n) is 5.34. The van der Waals surface area contributed by atoms with Crippen LogP contribution in [0.4, 0.5) is 5.69 Å². The van der Waals surface area contributed by atoms with Crippen LogP contribution in [0.2, 0.25) is 5.02 Å². The average molecular weight is 316 g/mol. The summed E-state index contributed by atoms with van der Waals surface area (Å²) in [5, 5.41) is 23.7. The smallest absolute Gasteiger partial charge is 0.283 e. The molecule has 0 saturated heterocycles. The van der Waals surface area contributed by atoms with Crippen molar-refractivity contribution in [3.63, 3.8) is 0 Å². The zero-order valence-corrected chi connectivity index (χ0v) is 12.8. The van der Waals surface area contributed by atoms with Crippen LogP contribution in [-0.4, -0.2) is 53.6 Å². The quantitative estimate of drug-likeness (QED) is 0.609. The standard InChI is InChI=1S/C13H18ClN3O4/c1-13(19,8-16(2)3)7-15-12(18)10-5-4-9(14)6-11(10)17(20)21/h4-6,19H,7-8H2,1-3H3,(H,15,18). The van der Waals surface area contributed by atoms with Crippen molar-refractivity contribution in [1.82, 2.24) is 10.2 Å². The van der Waals surface area contributed by atoms with Gasteiger partial charge in [0.25, 0.3) is 11.6 Å². The number of amides is 1. The van der Waals surface area contributed by atoms with E-state index in [2.05, 4.69) is 5.32 Å². The number of likely N-dealkylation sites (N-methyl/N-ethyl adjacent to an activating group) is 1. The Hall–Kier alpha value is -1.70. The number of hydrogen-bond acceptors (Lipinski definition) is 5. The number of nitrogens with one attached hydrogen (secondary N) is 1. The van der Waals surface area contributed by atoms with Crippen molar-refractivity contribution in [2.45, 2.75) is 12.5 Å². The van der Waals surface area contributed by atoms with Crippen LogP contribution in [0.25, 0.3) is 0 Å². The molecular weight excluding hydrogens is 298 g/mol. The van der Waals surface area contributed by atoms with Gasteiger partial charge in [-0.25, -0.2) is 0 Å². The molecule has 0 aliphatic carbocycles. The van der Waals surface area contributed by atoms with E-state index in [9.17, 15) is 20.0 Å². The lowest BCUT2D eigenvalue weighted by atomic mass is 10.1. The molecule has 0 heterocycles. The highest BCUT2D eigenvalue weighted by Gasteiger charge is 2.25. The second kappa shape index (κ2) is 6.84. The lowest BCUT2D eigenvalue weighted by Gasteiger charge is -2.27. The third kappa shape index (κ3) is 5.30. The first-order valence-corrected chi connectivity index (χ1v) is 6.59. The Kier molecular flexibility index (Phi) is 5.65. The number of halogens is 1. The van der Waals surface area contributed by atoms with E-state index in [0.717, 1.165) is 6.07 Å². The van der Waals surface area contributed by atoms with Crippen LogP contribution in [0.3, 0.4) is 0 Å². The summed E-state index contributed by atoms with van der Waals surface area (Å²) in [5.41, 5.74) is -1.60. The van der Waals surface area contributed by atoms with Gasteiger partial charge in [0.05, 0.1) is 10.5 Å². The van der Waals surface area contributed by atoms with E-state index < -0.39 is 16.4 Å². The molecule has 116 valence electrons. The molecule has 0 aromatic heterocycles. The monoisotopic (exact) mass is 315 g/mol. The molecule has 1 atom stereocenters. The Morgan fingerprint density at radius 1 is 1.52 bits per heavy atom. The molecule has 0 bridgehead atoms. The third-order valence-electron chi connectivity index (χ3n) is 2.69. The second-order valence-corrected chi connectivity index (χ2v) is 5.77. The lowest BCUT2D eigenvalue weighted by molar-refractivity contribution is -0.385. The van der Waals surface area contributed by atoms with E-state index in [1.807, 2.05) is 0 Å². The van der Waals surface area contributed by atoms with Crippen molar-refractivity contribution in [1.29, 1.82) is 0 Å². The minimum Gasteiger partial charge on any atom is -0.387 e. The van der Waals surface area contributed by atoms with Gasteiger partial charge < -0.3 is 15.3 Å². The topological polar surface area (TPSA) is 95.7 Å². The Morgan fingerprint density at radius 2 is 2.14 bits per heavy atom. The summed E-state index contributed by atoms with van der Waals surface area (Å²) in [7, 11) is 3.58. The third-order valence-corrected chi connectivity index (χ3v) is 2.92. The van der Waals surface area contributed by atoms with Gasteiger partial charge in [-0.1, -0.05) is 11.6 Å². The molecule has 1 rings (SSSR count). The van der Waals surface area contributed by atoms with E-state index >= 15 is 0 Å². The number of nitro groups is 1. The maximum atomic E-state index is 12.0. The first kappa shape index (κ1) is 17.4. The maximum absolute atomic E-state index is 12.0. The molecule has 0 spiro atoms. The Labute approximate surface area is 127 Å². The number of carbonyl (C=O) groups is 1. The van der Waals surface area contributed by atoms with Gasteiger partial charge in [0.2, 0.25) is 0 Å². The van der Waals surface area contributed by atoms with Gasteiger partial charge in [-0.05, 0) is 33.2 Å². The highest BCUT2D eigenvalue weighted by atomic mass is 35.5. The summed E-state index contributed by atoms with van der Waals surface area (Å²) in [5.74, 6) is -0.627. The van der Waals surface area contributed by atoms with Crippen molar-refractivity contribution in [2.75, 3.05) is 27.2 Å². The first-order valence-electron chi connectivity index (χ1n) is 6.21. The molecule has 0 fully saturated rings. The molecule has 1 aromatic carbocycles. The number of nitro benzene ring substituents is 1. The van der Waals surface area contributed by atoms with Gasteiger partial charge in [-0.3, -0.25) is 14.9 Å². The Bertz CT molecular complexity index is 546. The molecule has 1 aromatic rings. The number of benzene rings is 1. The van der Waals surface area contributed by atoms with Crippen LogP contribution in [0.5, 0.6) is 0 Å². The molecule has 21 heavy (non-hydrogen) atoms. The fraction of sp³-hybridized carbons (Fsp3) is 0.462. The van der Waals surface area contributed by atoms with Crippen LogP contribution < -0.4 is 5.32 Å². The van der Waals surface area contributed by atoms with Crippen LogP contribution in [0, 0.1) is 10.1 Å². The predicted molar refractivity (Wildman–Crippen MR) is 79.6 cm³/mol. The molecule has 1 unspecified atom stereocenters. The van der Waals surface area contributed by atoms with Gasteiger partial charge in [0.1, 0.15) is 5.56 Å². The fourth-order valence-electron chi connectivity index (χ4n) is 1.95. The highest BCUT2D eigenvalue weighted by molar-refractivity contribution is 6.31. The Morgan fingerprint density at radius 3 is 2.67 bits per heavy atom. The first-order chi connectivity index (χ1) is 9.62. The molecule has 0 radical (unpaired) electrons. The van der Waals surface area contributed by atoms with Gasteiger partial charge in [0, 0.05) is 24.2 Å². The van der Waals surface area contributed by atoms with E-state index in [1.165, 1.54) is 12.1 Å². The lowest BCUT2D eigenvalue weighted by Crippen LogP contribution is -2.47. The van der Waals surface area contributed by atoms with Crippen molar-refractivity contribution < 1.29 is 14.8 Å². The molecule has 1 amide bonds. The number of nitrogens with zero attached hydrogens (tertiary/aromatic N) is 2. The summed E-state index contributed by atoms with van der Waals surface area (Å²) in [4.78, 5) is 24.1. The van der Waals surface area contributed by atoms with E-state index in [-0.39, 0.29) is 22.8 Å². The van der Waals surface area contributed by atoms with Gasteiger partial charge in [-0.15, -0.1) is 0 Å². The van der Waals surface area contributed by atoms with E-state index in [0.29, 0.717) is 6.54 Å². The van der Waals surface area contributed by atoms with Crippen LogP contribution in [-0.2, 0) is 0 Å². The molecule has 0 aliphatic heterocycles. The summed E-state index contributed by atoms with van der Waals surface area (Å²) >= 11 is 5.69. The molecule has 7 nitrogen and oxygen atoms in total. The molecule has 2 N–H and O–H groups in total. The van der Waals surface area contributed by atoms with Crippen LogP contribution >= 0.6 is 11.6 Å². The van der Waals surface area contributed by atoms with E-state index in [4.69, 9.17) is 11.6 Å². The predicted octanol–water partition coefficient (Wildman–Crippen LogP) is 1.29. The fourth-order valence-corrected chi connectivity index (χ4v) is 2.12. The maximum Gasteiger partial charge on any atom is 0.283 e. The number of aliphatic hydroxyl groups is 1. The summed E-state index contributed by atoms with van der Waals surface area (Å²) in [6.45, 7) is 1.89.